The van der Waals surface area contributed by atoms with Crippen LogP contribution in [-0.2, 0) is 17.5 Å². The van der Waals surface area contributed by atoms with E-state index in [9.17, 15) is 27.2 Å². The lowest BCUT2D eigenvalue weighted by Gasteiger charge is -2.19. The van der Waals surface area contributed by atoms with Crippen molar-refractivity contribution in [1.29, 1.82) is 0 Å². The molecule has 2 aromatic rings. The summed E-state index contributed by atoms with van der Waals surface area (Å²) in [6, 6.07) is 7.91. The molecule has 2 rings (SSSR count). The normalized spacial score (nSPS) is 11.2. The van der Waals surface area contributed by atoms with Gasteiger partial charge in [0.05, 0.1) is 5.56 Å². The number of hydrogen-bond acceptors (Lipinski definition) is 4. The molecule has 0 unspecified atom stereocenters. The number of benzene rings is 2. The molecule has 2 aromatic carbocycles. The Kier molecular flexibility index (Phi) is 9.97. The van der Waals surface area contributed by atoms with Gasteiger partial charge >= 0.3 is 12.3 Å². The minimum absolute atomic E-state index is 0. The van der Waals surface area contributed by atoms with Crippen LogP contribution < -0.4 is 15.4 Å². The number of carbonyl (C=O) groups is 2. The fraction of sp³-hybridized carbons (Fsp3) is 0.364. The molecule has 33 heavy (non-hydrogen) atoms. The Morgan fingerprint density at radius 1 is 0.939 bits per heavy atom. The largest absolute Gasteiger partial charge is 0.486 e. The number of nitrogens with one attached hydrogen (secondary N) is 2. The lowest BCUT2D eigenvalue weighted by Crippen LogP contribution is -2.37. The van der Waals surface area contributed by atoms with Gasteiger partial charge in [-0.1, -0.05) is 12.1 Å². The van der Waals surface area contributed by atoms with Crippen LogP contribution in [-0.4, -0.2) is 30.7 Å². The molecule has 0 aromatic heterocycles. The number of ether oxygens (including phenoxy) is 2. The highest BCUT2D eigenvalue weighted by atomic mass is 35.5. The highest BCUT2D eigenvalue weighted by Crippen LogP contribution is 2.29. The fourth-order valence-electron chi connectivity index (χ4n) is 2.47. The zero-order valence-electron chi connectivity index (χ0n) is 18.2. The van der Waals surface area contributed by atoms with Crippen LogP contribution in [0, 0.1) is 5.82 Å². The van der Waals surface area contributed by atoms with Gasteiger partial charge in [-0.25, -0.2) is 9.18 Å². The Morgan fingerprint density at radius 2 is 1.55 bits per heavy atom. The van der Waals surface area contributed by atoms with E-state index in [4.69, 9.17) is 9.47 Å². The van der Waals surface area contributed by atoms with E-state index in [1.165, 1.54) is 24.3 Å². The minimum Gasteiger partial charge on any atom is -0.486 e. The summed E-state index contributed by atoms with van der Waals surface area (Å²) >= 11 is 0. The highest BCUT2D eigenvalue weighted by molar-refractivity contribution is 5.94. The summed E-state index contributed by atoms with van der Waals surface area (Å²) in [7, 11) is 0. The summed E-state index contributed by atoms with van der Waals surface area (Å²) in [5.41, 5.74) is -0.955. The second-order valence-corrected chi connectivity index (χ2v) is 7.81. The highest BCUT2D eigenvalue weighted by Gasteiger charge is 2.29. The molecule has 0 fully saturated rings. The minimum atomic E-state index is -4.44. The maximum atomic E-state index is 14.3. The molecule has 0 saturated carbocycles. The van der Waals surface area contributed by atoms with Gasteiger partial charge in [-0.3, -0.25) is 4.79 Å². The van der Waals surface area contributed by atoms with E-state index in [1.54, 1.807) is 20.8 Å². The van der Waals surface area contributed by atoms with Gasteiger partial charge in [-0.15, -0.1) is 12.4 Å². The number of alkyl carbamates (subject to hydrolysis) is 1. The molecule has 0 saturated heterocycles. The second kappa shape index (κ2) is 11.7. The molecular formula is C22H25ClF4N2O4. The van der Waals surface area contributed by atoms with E-state index in [1.807, 2.05) is 0 Å². The predicted molar refractivity (Wildman–Crippen MR) is 116 cm³/mol. The topological polar surface area (TPSA) is 76.7 Å². The zero-order chi connectivity index (χ0) is 23.9. The number of carbonyl (C=O) groups excluding carboxylic acids is 2. The predicted octanol–water partition coefficient (Wildman–Crippen LogP) is 5.10. The third kappa shape index (κ3) is 9.56. The maximum Gasteiger partial charge on any atom is 0.416 e. The van der Waals surface area contributed by atoms with E-state index in [0.29, 0.717) is 5.56 Å². The first-order valence-electron chi connectivity index (χ1n) is 9.69. The van der Waals surface area contributed by atoms with E-state index in [0.717, 1.165) is 18.2 Å². The first-order valence-corrected chi connectivity index (χ1v) is 9.69. The van der Waals surface area contributed by atoms with E-state index in [-0.39, 0.29) is 43.4 Å². The van der Waals surface area contributed by atoms with Crippen molar-refractivity contribution in [2.45, 2.75) is 39.2 Å². The molecule has 0 spiro atoms. The van der Waals surface area contributed by atoms with Crippen molar-refractivity contribution < 1.29 is 36.6 Å². The van der Waals surface area contributed by atoms with Crippen LogP contribution in [0.2, 0.25) is 0 Å². The molecule has 0 heterocycles. The Bertz CT molecular complexity index is 945. The van der Waals surface area contributed by atoms with Crippen molar-refractivity contribution in [1.82, 2.24) is 10.6 Å². The summed E-state index contributed by atoms with van der Waals surface area (Å²) in [6.07, 6.45) is -5.06. The molecule has 0 aliphatic carbocycles. The van der Waals surface area contributed by atoms with Gasteiger partial charge < -0.3 is 20.1 Å². The number of amides is 2. The van der Waals surface area contributed by atoms with Crippen molar-refractivity contribution in [3.8, 4) is 5.75 Å². The summed E-state index contributed by atoms with van der Waals surface area (Å²) in [4.78, 5) is 23.6. The van der Waals surface area contributed by atoms with Gasteiger partial charge in [0.15, 0.2) is 11.6 Å². The molecule has 2 N–H and O–H groups in total. The third-order valence-electron chi connectivity index (χ3n) is 3.95. The van der Waals surface area contributed by atoms with Crippen LogP contribution in [0.25, 0.3) is 0 Å². The van der Waals surface area contributed by atoms with Crippen molar-refractivity contribution >= 4 is 24.4 Å². The monoisotopic (exact) mass is 492 g/mol. The molecule has 0 aliphatic rings. The number of hydrogen-bond donors (Lipinski definition) is 2. The molecule has 0 atom stereocenters. The summed E-state index contributed by atoms with van der Waals surface area (Å²) in [6.45, 7) is 5.25. The van der Waals surface area contributed by atoms with Crippen molar-refractivity contribution in [2.75, 3.05) is 13.1 Å². The van der Waals surface area contributed by atoms with Crippen LogP contribution in [0.4, 0.5) is 22.4 Å². The summed E-state index contributed by atoms with van der Waals surface area (Å²) in [5, 5.41) is 5.01. The summed E-state index contributed by atoms with van der Waals surface area (Å²) < 4.78 is 62.4. The number of rotatable bonds is 7. The average molecular weight is 493 g/mol. The van der Waals surface area contributed by atoms with Crippen molar-refractivity contribution in [3.05, 3.63) is 65.0 Å². The Morgan fingerprint density at radius 3 is 2.09 bits per heavy atom. The quantitative estimate of drug-likeness (QED) is 0.416. The molecule has 0 bridgehead atoms. The van der Waals surface area contributed by atoms with Gasteiger partial charge in [0.2, 0.25) is 0 Å². The molecular weight excluding hydrogens is 468 g/mol. The maximum absolute atomic E-state index is 14.3. The van der Waals surface area contributed by atoms with Crippen molar-refractivity contribution in [2.24, 2.45) is 0 Å². The molecule has 0 radical (unpaired) electrons. The van der Waals surface area contributed by atoms with Gasteiger partial charge in [0.1, 0.15) is 12.2 Å². The van der Waals surface area contributed by atoms with Crippen molar-refractivity contribution in [3.63, 3.8) is 0 Å². The van der Waals surface area contributed by atoms with E-state index in [2.05, 4.69) is 10.6 Å². The van der Waals surface area contributed by atoms with Crippen LogP contribution in [0.1, 0.15) is 42.3 Å². The van der Waals surface area contributed by atoms with Gasteiger partial charge in [0.25, 0.3) is 5.91 Å². The van der Waals surface area contributed by atoms with Crippen LogP contribution >= 0.6 is 12.4 Å². The van der Waals surface area contributed by atoms with E-state index < -0.39 is 35.2 Å². The number of alkyl halides is 3. The second-order valence-electron chi connectivity index (χ2n) is 7.81. The standard InChI is InChI=1S/C22H24F4N2O4.ClH/c1-21(2,3)32-20(30)28-11-10-27-19(29)15-6-9-18(17(23)12-15)31-13-14-4-7-16(8-5-14)22(24,25)26;/h4-9,12H,10-11,13H2,1-3H3,(H,27,29)(H,28,30);1H. The Balaban J connectivity index is 0.00000544. The molecule has 11 heteroatoms. The summed E-state index contributed by atoms with van der Waals surface area (Å²) in [5.74, 6) is -1.49. The molecule has 2 amide bonds. The van der Waals surface area contributed by atoms with Crippen LogP contribution in [0.3, 0.4) is 0 Å². The average Bonchev–Trinajstić information content (AvgIpc) is 2.68. The van der Waals surface area contributed by atoms with Gasteiger partial charge in [-0.05, 0) is 56.7 Å². The van der Waals surface area contributed by atoms with Gasteiger partial charge in [-0.2, -0.15) is 13.2 Å². The smallest absolute Gasteiger partial charge is 0.416 e. The Hall–Kier alpha value is -3.01. The SMILES string of the molecule is CC(C)(C)OC(=O)NCCNC(=O)c1ccc(OCc2ccc(C(F)(F)F)cc2)c(F)c1.Cl. The van der Waals surface area contributed by atoms with Gasteiger partial charge in [0, 0.05) is 18.7 Å². The first kappa shape index (κ1) is 28.0. The van der Waals surface area contributed by atoms with Crippen LogP contribution in [0.15, 0.2) is 42.5 Å². The first-order chi connectivity index (χ1) is 14.8. The Labute approximate surface area is 195 Å². The lowest BCUT2D eigenvalue weighted by atomic mass is 10.1. The zero-order valence-corrected chi connectivity index (χ0v) is 19.0. The fourth-order valence-corrected chi connectivity index (χ4v) is 2.47. The molecule has 182 valence electrons. The lowest BCUT2D eigenvalue weighted by molar-refractivity contribution is -0.137. The molecule has 0 aliphatic heterocycles. The molecule has 6 nitrogen and oxygen atoms in total. The number of halogens is 5. The third-order valence-corrected chi connectivity index (χ3v) is 3.95. The van der Waals surface area contributed by atoms with E-state index >= 15 is 0 Å². The van der Waals surface area contributed by atoms with Crippen LogP contribution in [0.5, 0.6) is 5.75 Å².